The molecule has 0 aliphatic carbocycles. The second-order valence-corrected chi connectivity index (χ2v) is 7.17. The van der Waals surface area contributed by atoms with E-state index >= 15 is 0 Å². The molecule has 2 rings (SSSR count). The van der Waals surface area contributed by atoms with Gasteiger partial charge in [0.2, 0.25) is 11.8 Å². The average molecular weight is 361 g/mol. The van der Waals surface area contributed by atoms with Crippen molar-refractivity contribution in [1.29, 1.82) is 0 Å². The van der Waals surface area contributed by atoms with Gasteiger partial charge in [0.05, 0.1) is 12.6 Å². The van der Waals surface area contributed by atoms with E-state index in [0.29, 0.717) is 0 Å². The molecule has 1 saturated heterocycles. The third kappa shape index (κ3) is 5.05. The number of nitrogens with zero attached hydrogens (tertiary/aromatic N) is 3. The van der Waals surface area contributed by atoms with Crippen LogP contribution in [0.2, 0.25) is 0 Å². The third-order valence-corrected chi connectivity index (χ3v) is 5.29. The van der Waals surface area contributed by atoms with Gasteiger partial charge in [0, 0.05) is 31.9 Å². The van der Waals surface area contributed by atoms with E-state index in [-0.39, 0.29) is 24.4 Å². The quantitative estimate of drug-likeness (QED) is 0.839. The molecule has 0 spiro atoms. The van der Waals surface area contributed by atoms with Gasteiger partial charge in [-0.1, -0.05) is 25.1 Å². The van der Waals surface area contributed by atoms with Crippen molar-refractivity contribution in [2.24, 2.45) is 0 Å². The highest BCUT2D eigenvalue weighted by Crippen LogP contribution is 2.19. The smallest absolute Gasteiger partial charge is 0.239 e. The molecular weight excluding hydrogens is 328 g/mol. The molecule has 0 radical (unpaired) electrons. The fourth-order valence-electron chi connectivity index (χ4n) is 3.29. The summed E-state index contributed by atoms with van der Waals surface area (Å²) in [4.78, 5) is 31.2. The fourth-order valence-corrected chi connectivity index (χ4v) is 3.29. The monoisotopic (exact) mass is 360 g/mol. The maximum absolute atomic E-state index is 12.7. The van der Waals surface area contributed by atoms with Gasteiger partial charge in [-0.3, -0.25) is 14.5 Å². The SMILES string of the molecule is CCN1CCN(C(=O)[C@H](C)N(C)CC(=O)Nc2c(C)cccc2C)CC1. The van der Waals surface area contributed by atoms with E-state index in [1.54, 1.807) is 0 Å². The van der Waals surface area contributed by atoms with Crippen molar-refractivity contribution in [3.05, 3.63) is 29.3 Å². The number of likely N-dealkylation sites (N-methyl/N-ethyl adjacent to an activating group) is 2. The van der Waals surface area contributed by atoms with Crippen molar-refractivity contribution in [1.82, 2.24) is 14.7 Å². The number of para-hydroxylation sites is 1. The maximum atomic E-state index is 12.7. The van der Waals surface area contributed by atoms with Crippen LogP contribution in [0.4, 0.5) is 5.69 Å². The highest BCUT2D eigenvalue weighted by atomic mass is 16.2. The summed E-state index contributed by atoms with van der Waals surface area (Å²) in [5.74, 6) is 0.00322. The normalized spacial score (nSPS) is 16.6. The van der Waals surface area contributed by atoms with Crippen molar-refractivity contribution in [3.63, 3.8) is 0 Å². The van der Waals surface area contributed by atoms with Crippen LogP contribution in [0.25, 0.3) is 0 Å². The number of hydrogen-bond acceptors (Lipinski definition) is 4. The Morgan fingerprint density at radius 3 is 2.27 bits per heavy atom. The highest BCUT2D eigenvalue weighted by molar-refractivity contribution is 5.94. The lowest BCUT2D eigenvalue weighted by molar-refractivity contribution is -0.138. The van der Waals surface area contributed by atoms with E-state index in [1.165, 1.54) is 0 Å². The second kappa shape index (κ2) is 9.14. The molecule has 6 heteroatoms. The lowest BCUT2D eigenvalue weighted by atomic mass is 10.1. The Labute approximate surface area is 157 Å². The number of hydrogen-bond donors (Lipinski definition) is 1. The molecule has 1 fully saturated rings. The summed E-state index contributed by atoms with van der Waals surface area (Å²) >= 11 is 0. The zero-order valence-electron chi connectivity index (χ0n) is 16.7. The predicted molar refractivity (Wildman–Crippen MR) is 105 cm³/mol. The van der Waals surface area contributed by atoms with Crippen molar-refractivity contribution < 1.29 is 9.59 Å². The van der Waals surface area contributed by atoms with E-state index in [4.69, 9.17) is 0 Å². The van der Waals surface area contributed by atoms with Gasteiger partial charge in [0.1, 0.15) is 0 Å². The highest BCUT2D eigenvalue weighted by Gasteiger charge is 2.27. The molecule has 26 heavy (non-hydrogen) atoms. The average Bonchev–Trinajstić information content (AvgIpc) is 2.63. The first-order valence-electron chi connectivity index (χ1n) is 9.41. The Bertz CT molecular complexity index is 618. The summed E-state index contributed by atoms with van der Waals surface area (Å²) in [6.07, 6.45) is 0. The number of carbonyl (C=O) groups excluding carboxylic acids is 2. The number of aryl methyl sites for hydroxylation is 2. The summed E-state index contributed by atoms with van der Waals surface area (Å²) in [5.41, 5.74) is 2.94. The van der Waals surface area contributed by atoms with Gasteiger partial charge in [0.15, 0.2) is 0 Å². The van der Waals surface area contributed by atoms with Crippen LogP contribution in [0.15, 0.2) is 18.2 Å². The number of rotatable bonds is 6. The molecular formula is C20H32N4O2. The number of nitrogens with one attached hydrogen (secondary N) is 1. The Kier molecular flexibility index (Phi) is 7.17. The molecule has 1 atom stereocenters. The number of piperazine rings is 1. The molecule has 0 aromatic heterocycles. The van der Waals surface area contributed by atoms with Crippen LogP contribution in [0.5, 0.6) is 0 Å². The number of benzene rings is 1. The molecule has 144 valence electrons. The van der Waals surface area contributed by atoms with Crippen LogP contribution in [-0.2, 0) is 9.59 Å². The van der Waals surface area contributed by atoms with Crippen LogP contribution in [0, 0.1) is 13.8 Å². The Balaban J connectivity index is 1.89. The Hall–Kier alpha value is -1.92. The van der Waals surface area contributed by atoms with Crippen molar-refractivity contribution >= 4 is 17.5 Å². The zero-order chi connectivity index (χ0) is 19.3. The van der Waals surface area contributed by atoms with Crippen molar-refractivity contribution in [2.45, 2.75) is 33.7 Å². The van der Waals surface area contributed by atoms with Crippen LogP contribution in [0.3, 0.4) is 0 Å². The molecule has 1 aliphatic heterocycles. The lowest BCUT2D eigenvalue weighted by Gasteiger charge is -2.36. The van der Waals surface area contributed by atoms with E-state index < -0.39 is 0 Å². The second-order valence-electron chi connectivity index (χ2n) is 7.17. The topological polar surface area (TPSA) is 55.9 Å². The third-order valence-electron chi connectivity index (χ3n) is 5.29. The summed E-state index contributed by atoms with van der Waals surface area (Å²) in [6.45, 7) is 12.6. The Morgan fingerprint density at radius 1 is 1.15 bits per heavy atom. The van der Waals surface area contributed by atoms with Gasteiger partial charge in [0.25, 0.3) is 0 Å². The van der Waals surface area contributed by atoms with E-state index in [0.717, 1.165) is 49.5 Å². The molecule has 2 amide bonds. The molecule has 0 unspecified atom stereocenters. The number of anilines is 1. The predicted octanol–water partition coefficient (Wildman–Crippen LogP) is 1.73. The molecule has 1 heterocycles. The van der Waals surface area contributed by atoms with E-state index in [2.05, 4.69) is 17.1 Å². The maximum Gasteiger partial charge on any atom is 0.239 e. The molecule has 1 N–H and O–H groups in total. The number of amides is 2. The van der Waals surface area contributed by atoms with Gasteiger partial charge < -0.3 is 15.1 Å². The molecule has 0 bridgehead atoms. The minimum Gasteiger partial charge on any atom is -0.339 e. The summed E-state index contributed by atoms with van der Waals surface area (Å²) in [6, 6.07) is 5.63. The largest absolute Gasteiger partial charge is 0.339 e. The minimum absolute atomic E-state index is 0.0969. The van der Waals surface area contributed by atoms with Crippen LogP contribution in [-0.4, -0.2) is 78.9 Å². The summed E-state index contributed by atoms with van der Waals surface area (Å²) in [7, 11) is 1.83. The Morgan fingerprint density at radius 2 is 1.73 bits per heavy atom. The van der Waals surface area contributed by atoms with Crippen molar-refractivity contribution in [2.75, 3.05) is 51.6 Å². The molecule has 1 aromatic carbocycles. The van der Waals surface area contributed by atoms with Gasteiger partial charge in [-0.2, -0.15) is 0 Å². The van der Waals surface area contributed by atoms with Crippen molar-refractivity contribution in [3.8, 4) is 0 Å². The first kappa shape index (κ1) is 20.4. The van der Waals surface area contributed by atoms with Gasteiger partial charge in [-0.25, -0.2) is 0 Å². The zero-order valence-corrected chi connectivity index (χ0v) is 16.7. The van der Waals surface area contributed by atoms with Crippen LogP contribution in [0.1, 0.15) is 25.0 Å². The molecule has 1 aromatic rings. The van der Waals surface area contributed by atoms with E-state index in [9.17, 15) is 9.59 Å². The molecule has 0 saturated carbocycles. The van der Waals surface area contributed by atoms with Crippen LogP contribution < -0.4 is 5.32 Å². The first-order valence-corrected chi connectivity index (χ1v) is 9.41. The first-order chi connectivity index (χ1) is 12.3. The molecule has 1 aliphatic rings. The standard InChI is InChI=1S/C20H32N4O2/c1-6-23-10-12-24(13-11-23)20(26)17(4)22(5)14-18(25)21-19-15(2)8-7-9-16(19)3/h7-9,17H,6,10-14H2,1-5H3,(H,21,25)/t17-/m0/s1. The van der Waals surface area contributed by atoms with Gasteiger partial charge in [-0.05, 0) is 45.5 Å². The molecule has 6 nitrogen and oxygen atoms in total. The minimum atomic E-state index is -0.313. The van der Waals surface area contributed by atoms with Gasteiger partial charge in [-0.15, -0.1) is 0 Å². The summed E-state index contributed by atoms with van der Waals surface area (Å²) < 4.78 is 0. The van der Waals surface area contributed by atoms with Gasteiger partial charge >= 0.3 is 0 Å². The van der Waals surface area contributed by atoms with Crippen LogP contribution >= 0.6 is 0 Å². The fraction of sp³-hybridized carbons (Fsp3) is 0.600. The lowest BCUT2D eigenvalue weighted by Crippen LogP contribution is -2.54. The number of carbonyl (C=O) groups is 2. The van der Waals surface area contributed by atoms with E-state index in [1.807, 2.05) is 55.8 Å². The summed E-state index contributed by atoms with van der Waals surface area (Å²) in [5, 5.41) is 2.98.